The first-order chi connectivity index (χ1) is 14.4. The largest absolute Gasteiger partial charge is 0.507 e. The van der Waals surface area contributed by atoms with Crippen LogP contribution >= 0.6 is 0 Å². The summed E-state index contributed by atoms with van der Waals surface area (Å²) in [5.41, 5.74) is 3.06. The summed E-state index contributed by atoms with van der Waals surface area (Å²) in [6.07, 6.45) is 19.4. The number of aromatic hydroxyl groups is 1. The minimum absolute atomic E-state index is 0.0561. The number of hydrogen-bond acceptors (Lipinski definition) is 2. The number of hydrogen-bond donors (Lipinski definition) is 1. The van der Waals surface area contributed by atoms with Crippen molar-refractivity contribution < 1.29 is 9.84 Å². The van der Waals surface area contributed by atoms with Crippen molar-refractivity contribution in [2.45, 2.75) is 137 Å². The molecule has 0 aliphatic carbocycles. The van der Waals surface area contributed by atoms with E-state index in [4.69, 9.17) is 4.74 Å². The molecule has 0 atom stereocenters. The molecular formula is C28H50O2. The fourth-order valence-electron chi connectivity index (χ4n) is 4.10. The van der Waals surface area contributed by atoms with Crippen molar-refractivity contribution in [3.05, 3.63) is 28.8 Å². The Morgan fingerprint density at radius 1 is 0.733 bits per heavy atom. The van der Waals surface area contributed by atoms with Crippen LogP contribution < -0.4 is 0 Å². The highest BCUT2D eigenvalue weighted by Gasteiger charge is 2.20. The molecule has 0 amide bonds. The molecule has 2 nitrogen and oxygen atoms in total. The number of rotatable bonds is 17. The fourth-order valence-corrected chi connectivity index (χ4v) is 4.10. The van der Waals surface area contributed by atoms with Gasteiger partial charge in [-0.3, -0.25) is 0 Å². The first-order valence-electron chi connectivity index (χ1n) is 12.8. The second-order valence-corrected chi connectivity index (χ2v) is 10.2. The molecule has 0 aliphatic rings. The summed E-state index contributed by atoms with van der Waals surface area (Å²) in [6.45, 7) is 12.2. The number of unbranched alkanes of at least 4 members (excludes halogenated alkanes) is 13. The zero-order chi connectivity index (χ0) is 22.2. The van der Waals surface area contributed by atoms with Crippen molar-refractivity contribution in [1.29, 1.82) is 0 Å². The summed E-state index contributed by atoms with van der Waals surface area (Å²) in [5, 5.41) is 10.3. The van der Waals surface area contributed by atoms with Crippen molar-refractivity contribution in [3.8, 4) is 5.75 Å². The maximum absolute atomic E-state index is 10.3. The van der Waals surface area contributed by atoms with Crippen molar-refractivity contribution >= 4 is 0 Å². The smallest absolute Gasteiger partial charge is 0.122 e. The summed E-state index contributed by atoms with van der Waals surface area (Å²) < 4.78 is 5.91. The van der Waals surface area contributed by atoms with Gasteiger partial charge in [-0.2, -0.15) is 0 Å². The van der Waals surface area contributed by atoms with Gasteiger partial charge in [-0.05, 0) is 41.5 Å². The Morgan fingerprint density at radius 3 is 1.67 bits per heavy atom. The van der Waals surface area contributed by atoms with Gasteiger partial charge < -0.3 is 9.84 Å². The number of ether oxygens (including phenoxy) is 1. The molecule has 1 aromatic carbocycles. The molecule has 0 heterocycles. The molecule has 0 radical (unpaired) electrons. The number of aryl methyl sites for hydroxylation is 1. The van der Waals surface area contributed by atoms with Crippen LogP contribution in [0, 0.1) is 6.92 Å². The minimum atomic E-state index is -0.0561. The molecule has 1 rings (SSSR count). The Hall–Kier alpha value is -1.02. The average Bonchev–Trinajstić information content (AvgIpc) is 2.69. The molecule has 0 fully saturated rings. The number of phenols is 1. The minimum Gasteiger partial charge on any atom is -0.507 e. The highest BCUT2D eigenvalue weighted by Crippen LogP contribution is 2.34. The summed E-state index contributed by atoms with van der Waals surface area (Å²) in [7, 11) is 0. The molecule has 0 saturated heterocycles. The first-order valence-corrected chi connectivity index (χ1v) is 12.8. The van der Waals surface area contributed by atoms with E-state index in [0.29, 0.717) is 12.4 Å². The summed E-state index contributed by atoms with van der Waals surface area (Å²) in [6, 6.07) is 4.16. The average molecular weight is 419 g/mol. The zero-order valence-electron chi connectivity index (χ0n) is 20.8. The van der Waals surface area contributed by atoms with E-state index in [0.717, 1.165) is 24.2 Å². The van der Waals surface area contributed by atoms with Gasteiger partial charge in [-0.25, -0.2) is 0 Å². The van der Waals surface area contributed by atoms with Crippen molar-refractivity contribution in [2.24, 2.45) is 0 Å². The predicted octanol–water partition coefficient (Wildman–Crippen LogP) is 9.00. The highest BCUT2D eigenvalue weighted by molar-refractivity contribution is 5.46. The number of phenolic OH excluding ortho intramolecular Hbond substituents is 1. The lowest BCUT2D eigenvalue weighted by Gasteiger charge is -2.22. The van der Waals surface area contributed by atoms with E-state index in [-0.39, 0.29) is 5.41 Å². The van der Waals surface area contributed by atoms with E-state index >= 15 is 0 Å². The maximum atomic E-state index is 10.3. The lowest BCUT2D eigenvalue weighted by Crippen LogP contribution is -2.12. The second kappa shape index (κ2) is 15.7. The van der Waals surface area contributed by atoms with Crippen molar-refractivity contribution in [2.75, 3.05) is 6.61 Å². The van der Waals surface area contributed by atoms with E-state index in [9.17, 15) is 5.11 Å². The van der Waals surface area contributed by atoms with Crippen LogP contribution in [-0.4, -0.2) is 11.7 Å². The SMILES string of the molecule is CCCCCCCCCCCCCCCCOCc1cc(C)c(O)c(C(C)(C)C)c1. The molecule has 2 heteroatoms. The van der Waals surface area contributed by atoms with E-state index in [2.05, 4.69) is 39.8 Å². The van der Waals surface area contributed by atoms with Crippen LogP contribution in [0.2, 0.25) is 0 Å². The quantitative estimate of drug-likeness (QED) is 0.256. The van der Waals surface area contributed by atoms with Crippen LogP contribution in [0.5, 0.6) is 5.75 Å². The molecule has 0 spiro atoms. The van der Waals surface area contributed by atoms with Gasteiger partial charge in [0, 0.05) is 6.61 Å². The molecule has 0 aliphatic heterocycles. The van der Waals surface area contributed by atoms with E-state index in [1.54, 1.807) is 0 Å². The molecule has 0 unspecified atom stereocenters. The van der Waals surface area contributed by atoms with Gasteiger partial charge in [0.1, 0.15) is 5.75 Å². The fraction of sp³-hybridized carbons (Fsp3) is 0.786. The topological polar surface area (TPSA) is 29.5 Å². The van der Waals surface area contributed by atoms with Gasteiger partial charge in [-0.15, -0.1) is 0 Å². The lowest BCUT2D eigenvalue weighted by atomic mass is 9.84. The Kier molecular flexibility index (Phi) is 14.2. The van der Waals surface area contributed by atoms with Gasteiger partial charge in [0.05, 0.1) is 6.61 Å². The van der Waals surface area contributed by atoms with E-state index in [1.165, 1.54) is 89.0 Å². The molecule has 1 aromatic rings. The van der Waals surface area contributed by atoms with Crippen LogP contribution in [0.15, 0.2) is 12.1 Å². The third-order valence-electron chi connectivity index (χ3n) is 6.08. The van der Waals surface area contributed by atoms with E-state index < -0.39 is 0 Å². The van der Waals surface area contributed by atoms with Gasteiger partial charge in [-0.1, -0.05) is 117 Å². The van der Waals surface area contributed by atoms with Crippen molar-refractivity contribution in [1.82, 2.24) is 0 Å². The standard InChI is InChI=1S/C28H50O2/c1-6-7-8-9-10-11-12-13-14-15-16-17-18-19-20-30-23-25-21-24(2)27(29)26(22-25)28(3,4)5/h21-22,29H,6-20,23H2,1-5H3. The Labute approximate surface area is 187 Å². The second-order valence-electron chi connectivity index (χ2n) is 10.2. The normalized spacial score (nSPS) is 11.9. The summed E-state index contributed by atoms with van der Waals surface area (Å²) >= 11 is 0. The van der Waals surface area contributed by atoms with E-state index in [1.807, 2.05) is 6.92 Å². The lowest BCUT2D eigenvalue weighted by molar-refractivity contribution is 0.116. The van der Waals surface area contributed by atoms with Gasteiger partial charge in [0.25, 0.3) is 0 Å². The Morgan fingerprint density at radius 2 is 1.20 bits per heavy atom. The Balaban J connectivity index is 2.00. The third kappa shape index (κ3) is 12.0. The molecule has 0 saturated carbocycles. The highest BCUT2D eigenvalue weighted by atomic mass is 16.5. The molecule has 174 valence electrons. The molecule has 1 N–H and O–H groups in total. The molecule has 0 bridgehead atoms. The summed E-state index contributed by atoms with van der Waals surface area (Å²) in [5.74, 6) is 0.429. The van der Waals surface area contributed by atoms with Crippen molar-refractivity contribution in [3.63, 3.8) is 0 Å². The molecule has 30 heavy (non-hydrogen) atoms. The zero-order valence-corrected chi connectivity index (χ0v) is 20.8. The molecule has 0 aromatic heterocycles. The predicted molar refractivity (Wildman–Crippen MR) is 132 cm³/mol. The van der Waals surface area contributed by atoms with Crippen LogP contribution in [0.25, 0.3) is 0 Å². The van der Waals surface area contributed by atoms with Gasteiger partial charge in [0.15, 0.2) is 0 Å². The molecular weight excluding hydrogens is 368 g/mol. The Bertz CT molecular complexity index is 556. The third-order valence-corrected chi connectivity index (χ3v) is 6.08. The van der Waals surface area contributed by atoms with Gasteiger partial charge >= 0.3 is 0 Å². The first kappa shape index (κ1) is 27.0. The van der Waals surface area contributed by atoms with Crippen LogP contribution in [-0.2, 0) is 16.8 Å². The monoisotopic (exact) mass is 418 g/mol. The van der Waals surface area contributed by atoms with Crippen LogP contribution in [0.1, 0.15) is 134 Å². The van der Waals surface area contributed by atoms with Gasteiger partial charge in [0.2, 0.25) is 0 Å². The number of benzene rings is 1. The van der Waals surface area contributed by atoms with Crippen LogP contribution in [0.4, 0.5) is 0 Å². The van der Waals surface area contributed by atoms with Crippen LogP contribution in [0.3, 0.4) is 0 Å². The summed E-state index contributed by atoms with van der Waals surface area (Å²) in [4.78, 5) is 0. The maximum Gasteiger partial charge on any atom is 0.122 e.